The van der Waals surface area contributed by atoms with Crippen LogP contribution in [0.1, 0.15) is 36.8 Å². The summed E-state index contributed by atoms with van der Waals surface area (Å²) in [7, 11) is 1.65. The van der Waals surface area contributed by atoms with Crippen molar-refractivity contribution in [3.63, 3.8) is 0 Å². The van der Waals surface area contributed by atoms with Crippen LogP contribution in [0.2, 0.25) is 0 Å². The van der Waals surface area contributed by atoms with Crippen LogP contribution in [0.25, 0.3) is 0 Å². The molecule has 0 aromatic heterocycles. The summed E-state index contributed by atoms with van der Waals surface area (Å²) in [5.41, 5.74) is 2.42. The van der Waals surface area contributed by atoms with E-state index in [1.54, 1.807) is 7.11 Å². The predicted octanol–water partition coefficient (Wildman–Crippen LogP) is 4.37. The minimum Gasteiger partial charge on any atom is -0.493 e. The molecule has 1 saturated carbocycles. The Bertz CT molecular complexity index is 653. The van der Waals surface area contributed by atoms with E-state index in [4.69, 9.17) is 9.47 Å². The topological polar surface area (TPSA) is 38.7 Å². The average Bonchev–Trinajstić information content (AvgIpc) is 2.62. The zero-order valence-corrected chi connectivity index (χ0v) is 14.3. The number of aliphatic hydroxyl groups excluding tert-OH is 1. The van der Waals surface area contributed by atoms with Gasteiger partial charge in [0.1, 0.15) is 6.61 Å². The molecule has 2 aromatic carbocycles. The van der Waals surface area contributed by atoms with Crippen molar-refractivity contribution >= 4 is 0 Å². The molecule has 24 heavy (non-hydrogen) atoms. The molecule has 1 fully saturated rings. The molecule has 1 aliphatic carbocycles. The van der Waals surface area contributed by atoms with Crippen LogP contribution in [-0.4, -0.2) is 18.3 Å². The summed E-state index contributed by atoms with van der Waals surface area (Å²) in [6.45, 7) is 0.515. The third-order valence-corrected chi connectivity index (χ3v) is 4.82. The fraction of sp³-hybridized carbons (Fsp3) is 0.429. The molecule has 0 heterocycles. The number of hydrogen-bond donors (Lipinski definition) is 1. The van der Waals surface area contributed by atoms with E-state index in [9.17, 15) is 5.11 Å². The Morgan fingerprint density at radius 3 is 2.50 bits per heavy atom. The minimum atomic E-state index is -0.146. The molecule has 2 atom stereocenters. The molecule has 0 saturated heterocycles. The highest BCUT2D eigenvalue weighted by molar-refractivity contribution is 5.39. The van der Waals surface area contributed by atoms with Crippen molar-refractivity contribution in [3.8, 4) is 11.5 Å². The molecule has 0 amide bonds. The van der Waals surface area contributed by atoms with Gasteiger partial charge in [-0.2, -0.15) is 0 Å². The second kappa shape index (κ2) is 8.20. The van der Waals surface area contributed by atoms with Crippen molar-refractivity contribution in [3.05, 3.63) is 59.7 Å². The predicted molar refractivity (Wildman–Crippen MR) is 95.4 cm³/mol. The first-order valence-electron chi connectivity index (χ1n) is 8.78. The second-order valence-electron chi connectivity index (χ2n) is 6.58. The largest absolute Gasteiger partial charge is 0.493 e. The third kappa shape index (κ3) is 4.30. The minimum absolute atomic E-state index is 0.146. The molecule has 2 unspecified atom stereocenters. The number of benzene rings is 2. The van der Waals surface area contributed by atoms with Gasteiger partial charge in [-0.25, -0.2) is 0 Å². The first-order valence-corrected chi connectivity index (χ1v) is 8.78. The van der Waals surface area contributed by atoms with Gasteiger partial charge in [-0.15, -0.1) is 0 Å². The van der Waals surface area contributed by atoms with Crippen LogP contribution in [0.5, 0.6) is 11.5 Å². The second-order valence-corrected chi connectivity index (χ2v) is 6.58. The van der Waals surface area contributed by atoms with Gasteiger partial charge in [0.2, 0.25) is 0 Å². The molecule has 2 aromatic rings. The number of para-hydroxylation sites is 2. The Kier molecular flexibility index (Phi) is 5.76. The fourth-order valence-corrected chi connectivity index (χ4v) is 3.47. The van der Waals surface area contributed by atoms with Gasteiger partial charge in [-0.1, -0.05) is 49.2 Å². The summed E-state index contributed by atoms with van der Waals surface area (Å²) in [6.07, 6.45) is 5.27. The summed E-state index contributed by atoms with van der Waals surface area (Å²) in [6, 6.07) is 16.2. The van der Waals surface area contributed by atoms with Crippen molar-refractivity contribution in [2.45, 2.75) is 44.8 Å². The third-order valence-electron chi connectivity index (χ3n) is 4.82. The van der Waals surface area contributed by atoms with E-state index in [0.29, 0.717) is 12.5 Å². The normalized spacial score (nSPS) is 20.6. The number of methoxy groups -OCH3 is 1. The first-order chi connectivity index (χ1) is 11.8. The van der Waals surface area contributed by atoms with Crippen molar-refractivity contribution in [1.29, 1.82) is 0 Å². The van der Waals surface area contributed by atoms with Crippen LogP contribution in [0, 0.1) is 5.92 Å². The van der Waals surface area contributed by atoms with E-state index in [1.165, 1.54) is 12.0 Å². The lowest BCUT2D eigenvalue weighted by atomic mass is 9.82. The van der Waals surface area contributed by atoms with Crippen LogP contribution in [-0.2, 0) is 13.0 Å². The number of rotatable bonds is 6. The van der Waals surface area contributed by atoms with Crippen LogP contribution >= 0.6 is 0 Å². The van der Waals surface area contributed by atoms with Gasteiger partial charge in [-0.05, 0) is 48.4 Å². The summed E-state index contributed by atoms with van der Waals surface area (Å²) in [5.74, 6) is 1.90. The van der Waals surface area contributed by atoms with Crippen molar-refractivity contribution in [2.75, 3.05) is 7.11 Å². The Morgan fingerprint density at radius 1 is 0.958 bits per heavy atom. The molecule has 1 N–H and O–H groups in total. The van der Waals surface area contributed by atoms with E-state index in [0.717, 1.165) is 42.7 Å². The van der Waals surface area contributed by atoms with Crippen molar-refractivity contribution in [2.24, 2.45) is 5.92 Å². The van der Waals surface area contributed by atoms with E-state index < -0.39 is 0 Å². The molecule has 0 bridgehead atoms. The molecule has 0 spiro atoms. The quantitative estimate of drug-likeness (QED) is 0.857. The molecular formula is C21H26O3. The lowest BCUT2D eigenvalue weighted by Crippen LogP contribution is -2.26. The summed E-state index contributed by atoms with van der Waals surface area (Å²) in [4.78, 5) is 0. The Hall–Kier alpha value is -2.00. The van der Waals surface area contributed by atoms with E-state index in [-0.39, 0.29) is 6.10 Å². The summed E-state index contributed by atoms with van der Waals surface area (Å²) >= 11 is 0. The molecule has 3 rings (SSSR count). The van der Waals surface area contributed by atoms with Gasteiger partial charge in [0.15, 0.2) is 11.5 Å². The van der Waals surface area contributed by atoms with Gasteiger partial charge < -0.3 is 14.6 Å². The number of ether oxygens (including phenoxy) is 2. The zero-order valence-electron chi connectivity index (χ0n) is 14.3. The maximum absolute atomic E-state index is 10.2. The molecular weight excluding hydrogens is 300 g/mol. The lowest BCUT2D eigenvalue weighted by molar-refractivity contribution is 0.0700. The van der Waals surface area contributed by atoms with Crippen LogP contribution in [0.4, 0.5) is 0 Å². The van der Waals surface area contributed by atoms with Crippen LogP contribution in [0.15, 0.2) is 48.5 Å². The molecule has 0 radical (unpaired) electrons. The highest BCUT2D eigenvalue weighted by Crippen LogP contribution is 2.29. The zero-order chi connectivity index (χ0) is 16.8. The summed E-state index contributed by atoms with van der Waals surface area (Å²) < 4.78 is 11.2. The first kappa shape index (κ1) is 16.8. The number of hydrogen-bond acceptors (Lipinski definition) is 3. The van der Waals surface area contributed by atoms with Gasteiger partial charge in [-0.3, -0.25) is 0 Å². The highest BCUT2D eigenvalue weighted by atomic mass is 16.5. The summed E-state index contributed by atoms with van der Waals surface area (Å²) in [5, 5.41) is 10.2. The van der Waals surface area contributed by atoms with E-state index in [2.05, 4.69) is 24.3 Å². The monoisotopic (exact) mass is 326 g/mol. The van der Waals surface area contributed by atoms with Crippen molar-refractivity contribution in [1.82, 2.24) is 0 Å². The average molecular weight is 326 g/mol. The van der Waals surface area contributed by atoms with E-state index in [1.807, 2.05) is 24.3 Å². The molecule has 0 aliphatic heterocycles. The van der Waals surface area contributed by atoms with Crippen LogP contribution in [0.3, 0.4) is 0 Å². The maximum atomic E-state index is 10.2. The van der Waals surface area contributed by atoms with Gasteiger partial charge in [0.25, 0.3) is 0 Å². The smallest absolute Gasteiger partial charge is 0.161 e. The Labute approximate surface area is 144 Å². The SMILES string of the molecule is COc1ccccc1OCc1cccc(CC2CCCCC2O)c1. The maximum Gasteiger partial charge on any atom is 0.161 e. The van der Waals surface area contributed by atoms with Gasteiger partial charge >= 0.3 is 0 Å². The molecule has 3 heteroatoms. The van der Waals surface area contributed by atoms with E-state index >= 15 is 0 Å². The van der Waals surface area contributed by atoms with Gasteiger partial charge in [0, 0.05) is 0 Å². The molecule has 128 valence electrons. The number of aliphatic hydroxyl groups is 1. The van der Waals surface area contributed by atoms with Gasteiger partial charge in [0.05, 0.1) is 13.2 Å². The molecule has 3 nitrogen and oxygen atoms in total. The Morgan fingerprint density at radius 2 is 1.71 bits per heavy atom. The van der Waals surface area contributed by atoms with Crippen molar-refractivity contribution < 1.29 is 14.6 Å². The highest BCUT2D eigenvalue weighted by Gasteiger charge is 2.23. The lowest BCUT2D eigenvalue weighted by Gasteiger charge is -2.27. The standard InChI is InChI=1S/C21H26O3/c1-23-20-11-4-5-12-21(20)24-15-17-8-6-7-16(13-17)14-18-9-2-3-10-19(18)22/h4-8,11-13,18-19,22H,2-3,9-10,14-15H2,1H3. The molecule has 1 aliphatic rings. The Balaban J connectivity index is 1.62. The fourth-order valence-electron chi connectivity index (χ4n) is 3.47. The van der Waals surface area contributed by atoms with Crippen LogP contribution < -0.4 is 9.47 Å².